The molecule has 2 amide bonds. The molecule has 1 heterocycles. The Morgan fingerprint density at radius 3 is 2.57 bits per heavy atom. The molecule has 0 unspecified atom stereocenters. The summed E-state index contributed by atoms with van der Waals surface area (Å²) in [6.45, 7) is 3.46. The van der Waals surface area contributed by atoms with Gasteiger partial charge in [0.2, 0.25) is 0 Å². The lowest BCUT2D eigenvalue weighted by atomic mass is 10.1. The summed E-state index contributed by atoms with van der Waals surface area (Å²) < 4.78 is 0. The monoisotopic (exact) mass is 288 g/mol. The molecule has 0 spiro atoms. The molecule has 1 aromatic carbocycles. The smallest absolute Gasteiger partial charge is 0.322 e. The first-order chi connectivity index (χ1) is 10.0. The van der Waals surface area contributed by atoms with Crippen LogP contribution in [0.15, 0.2) is 35.9 Å². The van der Waals surface area contributed by atoms with Gasteiger partial charge in [-0.2, -0.15) is 0 Å². The number of hydrogen-bond donors (Lipinski definition) is 2. The lowest BCUT2D eigenvalue weighted by Gasteiger charge is -2.25. The molecule has 0 saturated heterocycles. The Kier molecular flexibility index (Phi) is 4.98. The number of hydrogen-bond acceptors (Lipinski definition) is 2. The van der Waals surface area contributed by atoms with Crippen LogP contribution >= 0.6 is 0 Å². The van der Waals surface area contributed by atoms with Crippen LogP contribution in [-0.4, -0.2) is 35.1 Å². The third-order valence-electron chi connectivity index (χ3n) is 3.56. The van der Waals surface area contributed by atoms with Gasteiger partial charge in [0.05, 0.1) is 0 Å². The number of rotatable bonds is 4. The van der Waals surface area contributed by atoms with E-state index in [4.69, 9.17) is 5.11 Å². The van der Waals surface area contributed by atoms with E-state index in [-0.39, 0.29) is 12.5 Å². The first kappa shape index (κ1) is 15.1. The van der Waals surface area contributed by atoms with Crippen LogP contribution in [0.3, 0.4) is 0 Å². The van der Waals surface area contributed by atoms with Gasteiger partial charge in [-0.05, 0) is 37.5 Å². The molecule has 5 heteroatoms. The Balaban J connectivity index is 1.88. The molecule has 2 N–H and O–H groups in total. The second-order valence-corrected chi connectivity index (χ2v) is 5.27. The van der Waals surface area contributed by atoms with Gasteiger partial charge in [-0.25, -0.2) is 4.79 Å². The Hall–Kier alpha value is -2.30. The Morgan fingerprint density at radius 2 is 2.00 bits per heavy atom. The number of nitrogens with one attached hydrogen (secondary N) is 1. The van der Waals surface area contributed by atoms with E-state index in [2.05, 4.69) is 18.3 Å². The standard InChI is InChI=1S/C16H20N2O3/c1-12-8-10-18(11-9-12)16(21)17-14-5-2-13(3-6-14)4-7-15(19)20/h2-3,5-6,8H,4,7,9-11H2,1H3,(H,17,21)(H,19,20). The molecule has 1 aromatic rings. The minimum absolute atomic E-state index is 0.1000. The van der Waals surface area contributed by atoms with E-state index >= 15 is 0 Å². The third-order valence-corrected chi connectivity index (χ3v) is 3.56. The summed E-state index contributed by atoms with van der Waals surface area (Å²) in [6.07, 6.45) is 3.60. The molecule has 0 bridgehead atoms. The quantitative estimate of drug-likeness (QED) is 0.837. The number of aliphatic carboxylic acids is 1. The normalized spacial score (nSPS) is 14.5. The van der Waals surface area contributed by atoms with Crippen molar-refractivity contribution in [2.75, 3.05) is 18.4 Å². The minimum atomic E-state index is -0.805. The van der Waals surface area contributed by atoms with Crippen molar-refractivity contribution in [2.45, 2.75) is 26.2 Å². The minimum Gasteiger partial charge on any atom is -0.481 e. The zero-order valence-corrected chi connectivity index (χ0v) is 12.1. The lowest BCUT2D eigenvalue weighted by molar-refractivity contribution is -0.136. The molecule has 0 aliphatic carbocycles. The SMILES string of the molecule is CC1=CCN(C(=O)Nc2ccc(CCC(=O)O)cc2)CC1. The van der Waals surface area contributed by atoms with E-state index in [0.29, 0.717) is 13.0 Å². The van der Waals surface area contributed by atoms with E-state index in [9.17, 15) is 9.59 Å². The van der Waals surface area contributed by atoms with Crippen LogP contribution in [-0.2, 0) is 11.2 Å². The highest BCUT2D eigenvalue weighted by molar-refractivity contribution is 5.89. The summed E-state index contributed by atoms with van der Waals surface area (Å²) in [7, 11) is 0. The maximum absolute atomic E-state index is 12.1. The summed E-state index contributed by atoms with van der Waals surface area (Å²) in [5.41, 5.74) is 3.00. The fourth-order valence-corrected chi connectivity index (χ4v) is 2.16. The van der Waals surface area contributed by atoms with Crippen molar-refractivity contribution in [3.63, 3.8) is 0 Å². The zero-order chi connectivity index (χ0) is 15.2. The van der Waals surface area contributed by atoms with Crippen LogP contribution in [0.25, 0.3) is 0 Å². The van der Waals surface area contributed by atoms with Crippen molar-refractivity contribution in [3.8, 4) is 0 Å². The second-order valence-electron chi connectivity index (χ2n) is 5.27. The van der Waals surface area contributed by atoms with E-state index in [1.54, 1.807) is 17.0 Å². The van der Waals surface area contributed by atoms with Gasteiger partial charge in [0, 0.05) is 25.2 Å². The number of anilines is 1. The van der Waals surface area contributed by atoms with Crippen LogP contribution in [0.1, 0.15) is 25.3 Å². The third kappa shape index (κ3) is 4.63. The molecule has 112 valence electrons. The number of aryl methyl sites for hydroxylation is 1. The van der Waals surface area contributed by atoms with Crippen molar-refractivity contribution >= 4 is 17.7 Å². The fraction of sp³-hybridized carbons (Fsp3) is 0.375. The van der Waals surface area contributed by atoms with E-state index in [0.717, 1.165) is 24.2 Å². The van der Waals surface area contributed by atoms with E-state index in [1.807, 2.05) is 12.1 Å². The van der Waals surface area contributed by atoms with Gasteiger partial charge < -0.3 is 15.3 Å². The summed E-state index contributed by atoms with van der Waals surface area (Å²) in [5.74, 6) is -0.805. The van der Waals surface area contributed by atoms with Crippen molar-refractivity contribution in [1.29, 1.82) is 0 Å². The highest BCUT2D eigenvalue weighted by Crippen LogP contribution is 2.14. The molecule has 0 saturated carbocycles. The van der Waals surface area contributed by atoms with Crippen LogP contribution < -0.4 is 5.32 Å². The predicted octanol–water partition coefficient (Wildman–Crippen LogP) is 2.89. The van der Waals surface area contributed by atoms with Gasteiger partial charge in [0.25, 0.3) is 0 Å². The van der Waals surface area contributed by atoms with Gasteiger partial charge in [0.1, 0.15) is 0 Å². The maximum Gasteiger partial charge on any atom is 0.322 e. The largest absolute Gasteiger partial charge is 0.481 e. The Morgan fingerprint density at radius 1 is 1.29 bits per heavy atom. The van der Waals surface area contributed by atoms with Gasteiger partial charge in [-0.3, -0.25) is 4.79 Å². The first-order valence-electron chi connectivity index (χ1n) is 7.07. The molecule has 2 rings (SSSR count). The molecule has 1 aliphatic heterocycles. The number of carbonyl (C=O) groups is 2. The molecule has 0 radical (unpaired) electrons. The number of carbonyl (C=O) groups excluding carboxylic acids is 1. The van der Waals surface area contributed by atoms with Gasteiger partial charge in [0.15, 0.2) is 0 Å². The molecule has 1 aliphatic rings. The first-order valence-corrected chi connectivity index (χ1v) is 7.07. The summed E-state index contributed by atoms with van der Waals surface area (Å²) >= 11 is 0. The van der Waals surface area contributed by atoms with Gasteiger partial charge in [-0.15, -0.1) is 0 Å². The van der Waals surface area contributed by atoms with Crippen LogP contribution in [0.5, 0.6) is 0 Å². The van der Waals surface area contributed by atoms with Crippen LogP contribution in [0.2, 0.25) is 0 Å². The lowest BCUT2D eigenvalue weighted by Crippen LogP contribution is -2.37. The highest BCUT2D eigenvalue weighted by Gasteiger charge is 2.15. The Bertz CT molecular complexity index is 549. The van der Waals surface area contributed by atoms with E-state index < -0.39 is 5.97 Å². The number of benzene rings is 1. The molecule has 21 heavy (non-hydrogen) atoms. The van der Waals surface area contributed by atoms with Crippen LogP contribution in [0, 0.1) is 0 Å². The number of carboxylic acid groups (broad SMARTS) is 1. The predicted molar refractivity (Wildman–Crippen MR) is 81.4 cm³/mol. The maximum atomic E-state index is 12.1. The molecule has 5 nitrogen and oxygen atoms in total. The Labute approximate surface area is 124 Å². The summed E-state index contributed by atoms with van der Waals surface area (Å²) in [6, 6.07) is 7.20. The van der Waals surface area contributed by atoms with Crippen molar-refractivity contribution in [1.82, 2.24) is 4.90 Å². The van der Waals surface area contributed by atoms with Crippen molar-refractivity contribution in [2.24, 2.45) is 0 Å². The molecular formula is C16H20N2O3. The molecular weight excluding hydrogens is 268 g/mol. The molecule has 0 aromatic heterocycles. The average Bonchev–Trinajstić information content (AvgIpc) is 2.47. The molecule has 0 atom stereocenters. The highest BCUT2D eigenvalue weighted by atomic mass is 16.4. The summed E-state index contributed by atoms with van der Waals surface area (Å²) in [4.78, 5) is 24.4. The zero-order valence-electron chi connectivity index (χ0n) is 12.1. The van der Waals surface area contributed by atoms with E-state index in [1.165, 1.54) is 5.57 Å². The van der Waals surface area contributed by atoms with Gasteiger partial charge >= 0.3 is 12.0 Å². The number of carboxylic acids is 1. The topological polar surface area (TPSA) is 69.6 Å². The molecule has 0 fully saturated rings. The number of amides is 2. The number of urea groups is 1. The summed E-state index contributed by atoms with van der Waals surface area (Å²) in [5, 5.41) is 11.5. The van der Waals surface area contributed by atoms with Crippen molar-refractivity contribution < 1.29 is 14.7 Å². The average molecular weight is 288 g/mol. The number of nitrogens with zero attached hydrogens (tertiary/aromatic N) is 1. The van der Waals surface area contributed by atoms with Crippen molar-refractivity contribution in [3.05, 3.63) is 41.5 Å². The second kappa shape index (κ2) is 6.92. The fourth-order valence-electron chi connectivity index (χ4n) is 2.16. The van der Waals surface area contributed by atoms with Gasteiger partial charge in [-0.1, -0.05) is 23.8 Å². The van der Waals surface area contributed by atoms with Crippen LogP contribution in [0.4, 0.5) is 10.5 Å².